The first kappa shape index (κ1) is 19.9. The molecule has 31 heavy (non-hydrogen) atoms. The molecule has 0 unspecified atom stereocenters. The van der Waals surface area contributed by atoms with E-state index < -0.39 is 11.5 Å². The van der Waals surface area contributed by atoms with Crippen LogP contribution in [0.15, 0.2) is 29.2 Å². The van der Waals surface area contributed by atoms with E-state index in [4.69, 9.17) is 16.7 Å². The molecule has 2 aliphatic rings. The van der Waals surface area contributed by atoms with Crippen molar-refractivity contribution >= 4 is 34.4 Å². The summed E-state index contributed by atoms with van der Waals surface area (Å²) in [6, 6.07) is 4.71. The number of aromatic amines is 2. The molecular weight excluding hydrogens is 424 g/mol. The number of amides is 2. The summed E-state index contributed by atoms with van der Waals surface area (Å²) in [4.78, 5) is 50.3. The van der Waals surface area contributed by atoms with Gasteiger partial charge in [-0.25, -0.2) is 15.0 Å². The average Bonchev–Trinajstić information content (AvgIpc) is 3.26. The van der Waals surface area contributed by atoms with E-state index in [0.29, 0.717) is 49.3 Å². The second-order valence-electron chi connectivity index (χ2n) is 7.47. The summed E-state index contributed by atoms with van der Waals surface area (Å²) in [5, 5.41) is 12.3. The minimum absolute atomic E-state index is 0.0775. The van der Waals surface area contributed by atoms with Crippen LogP contribution in [0.2, 0.25) is 5.02 Å². The summed E-state index contributed by atoms with van der Waals surface area (Å²) in [6.07, 6.45) is 1.45. The SMILES string of the molecule is O=C1c2cc3nc(-c4c(Cl)cc[nH]c4=O)[nH]c3cc2C(=O)N1N1CCN(CCO)CC1. The summed E-state index contributed by atoms with van der Waals surface area (Å²) in [5.41, 5.74) is 1.37. The van der Waals surface area contributed by atoms with Crippen molar-refractivity contribution in [2.45, 2.75) is 0 Å². The summed E-state index contributed by atoms with van der Waals surface area (Å²) in [6.45, 7) is 3.00. The van der Waals surface area contributed by atoms with Gasteiger partial charge in [0, 0.05) is 38.9 Å². The number of hydrogen-bond acceptors (Lipinski definition) is 7. The number of β-amino-alcohol motifs (C(OH)–C–C–N with tert-alkyl or cyclic N) is 1. The third-order valence-electron chi connectivity index (χ3n) is 5.66. The summed E-state index contributed by atoms with van der Waals surface area (Å²) >= 11 is 6.16. The van der Waals surface area contributed by atoms with Crippen LogP contribution in [0, 0.1) is 0 Å². The van der Waals surface area contributed by atoms with Gasteiger partial charge in [-0.15, -0.1) is 0 Å². The standard InChI is InChI=1S/C20H19ClN6O4/c21-13-1-2-22-18(29)16(13)17-23-14-9-11-12(10-15(14)24-17)20(31)27(19(11)30)26-5-3-25(4-6-26)7-8-28/h1-2,9-10,28H,3-8H2,(H,22,29)(H,23,24). The minimum atomic E-state index is -0.391. The number of nitrogens with one attached hydrogen (secondary N) is 2. The molecule has 0 spiro atoms. The van der Waals surface area contributed by atoms with Crippen molar-refractivity contribution in [1.29, 1.82) is 0 Å². The Kier molecular flexibility index (Phi) is 4.86. The van der Waals surface area contributed by atoms with Crippen molar-refractivity contribution in [3.63, 3.8) is 0 Å². The molecule has 11 heteroatoms. The normalized spacial score (nSPS) is 17.7. The van der Waals surface area contributed by atoms with Crippen molar-refractivity contribution in [3.05, 3.63) is 50.9 Å². The van der Waals surface area contributed by atoms with Gasteiger partial charge in [-0.2, -0.15) is 0 Å². The molecule has 2 aromatic heterocycles. The molecule has 1 saturated heterocycles. The van der Waals surface area contributed by atoms with Gasteiger partial charge in [0.2, 0.25) is 0 Å². The molecule has 0 saturated carbocycles. The fourth-order valence-corrected chi connectivity index (χ4v) is 4.32. The lowest BCUT2D eigenvalue weighted by Crippen LogP contribution is -2.55. The van der Waals surface area contributed by atoms with Crippen LogP contribution in [-0.4, -0.2) is 86.1 Å². The first-order chi connectivity index (χ1) is 15.0. The first-order valence-corrected chi connectivity index (χ1v) is 10.2. The van der Waals surface area contributed by atoms with E-state index in [0.717, 1.165) is 0 Å². The van der Waals surface area contributed by atoms with Gasteiger partial charge >= 0.3 is 0 Å². The number of aliphatic hydroxyl groups excluding tert-OH is 1. The molecule has 1 fully saturated rings. The molecule has 2 aliphatic heterocycles. The number of H-pyrrole nitrogens is 2. The van der Waals surface area contributed by atoms with Crippen LogP contribution in [0.25, 0.3) is 22.4 Å². The molecule has 3 aromatic rings. The van der Waals surface area contributed by atoms with E-state index in [2.05, 4.69) is 19.9 Å². The number of aliphatic hydroxyl groups is 1. The maximum atomic E-state index is 13.0. The van der Waals surface area contributed by atoms with Crippen LogP contribution in [0.4, 0.5) is 0 Å². The second kappa shape index (κ2) is 7.57. The maximum Gasteiger partial charge on any atom is 0.276 e. The predicted octanol–water partition coefficient (Wildman–Crippen LogP) is 0.692. The van der Waals surface area contributed by atoms with Gasteiger partial charge in [0.05, 0.1) is 33.8 Å². The van der Waals surface area contributed by atoms with Crippen molar-refractivity contribution < 1.29 is 14.7 Å². The Morgan fingerprint density at radius 2 is 1.77 bits per heavy atom. The fourth-order valence-electron chi connectivity index (χ4n) is 4.08. The van der Waals surface area contributed by atoms with Crippen molar-refractivity contribution in [2.24, 2.45) is 0 Å². The number of hydrazine groups is 1. The number of benzene rings is 1. The third kappa shape index (κ3) is 3.24. The number of halogens is 1. The first-order valence-electron chi connectivity index (χ1n) is 9.86. The van der Waals surface area contributed by atoms with Crippen LogP contribution in [0.5, 0.6) is 0 Å². The van der Waals surface area contributed by atoms with Gasteiger partial charge in [0.15, 0.2) is 0 Å². The topological polar surface area (TPSA) is 126 Å². The highest BCUT2D eigenvalue weighted by molar-refractivity contribution is 6.33. The molecule has 0 bridgehead atoms. The number of fused-ring (bicyclic) bond motifs is 2. The maximum absolute atomic E-state index is 13.0. The number of carbonyl (C=O) groups is 2. The number of carbonyl (C=O) groups excluding carboxylic acids is 2. The molecule has 4 heterocycles. The largest absolute Gasteiger partial charge is 0.395 e. The Morgan fingerprint density at radius 3 is 2.45 bits per heavy atom. The Bertz CT molecular complexity index is 1210. The highest BCUT2D eigenvalue weighted by atomic mass is 35.5. The monoisotopic (exact) mass is 442 g/mol. The third-order valence-corrected chi connectivity index (χ3v) is 5.98. The van der Waals surface area contributed by atoms with Crippen molar-refractivity contribution in [1.82, 2.24) is 29.9 Å². The molecule has 160 valence electrons. The van der Waals surface area contributed by atoms with E-state index in [1.807, 2.05) is 0 Å². The van der Waals surface area contributed by atoms with Gasteiger partial charge in [-0.3, -0.25) is 19.3 Å². The van der Waals surface area contributed by atoms with Crippen LogP contribution in [-0.2, 0) is 0 Å². The fraction of sp³-hybridized carbons (Fsp3) is 0.300. The van der Waals surface area contributed by atoms with Crippen molar-refractivity contribution in [3.8, 4) is 11.4 Å². The molecule has 5 rings (SSSR count). The molecule has 0 atom stereocenters. The number of imidazole rings is 1. The Hall–Kier alpha value is -3.05. The summed E-state index contributed by atoms with van der Waals surface area (Å²) < 4.78 is 0. The van der Waals surface area contributed by atoms with Crippen LogP contribution < -0.4 is 5.56 Å². The van der Waals surface area contributed by atoms with E-state index in [-0.39, 0.29) is 34.5 Å². The van der Waals surface area contributed by atoms with Gasteiger partial charge in [-0.1, -0.05) is 11.6 Å². The Labute approximate surface area is 181 Å². The average molecular weight is 443 g/mol. The van der Waals surface area contributed by atoms with E-state index in [9.17, 15) is 14.4 Å². The number of rotatable bonds is 4. The van der Waals surface area contributed by atoms with Crippen molar-refractivity contribution in [2.75, 3.05) is 39.3 Å². The zero-order valence-corrected chi connectivity index (χ0v) is 17.1. The smallest absolute Gasteiger partial charge is 0.276 e. The van der Waals surface area contributed by atoms with Crippen LogP contribution >= 0.6 is 11.6 Å². The van der Waals surface area contributed by atoms with E-state index in [1.165, 1.54) is 11.2 Å². The number of pyridine rings is 1. The van der Waals surface area contributed by atoms with Gasteiger partial charge in [0.25, 0.3) is 17.4 Å². The lowest BCUT2D eigenvalue weighted by atomic mass is 10.1. The number of nitrogens with zero attached hydrogens (tertiary/aromatic N) is 4. The van der Waals surface area contributed by atoms with Gasteiger partial charge < -0.3 is 15.1 Å². The predicted molar refractivity (Wildman–Crippen MR) is 113 cm³/mol. The molecule has 10 nitrogen and oxygen atoms in total. The lowest BCUT2D eigenvalue weighted by Gasteiger charge is -2.37. The van der Waals surface area contributed by atoms with Crippen LogP contribution in [0.3, 0.4) is 0 Å². The number of imide groups is 1. The van der Waals surface area contributed by atoms with Gasteiger partial charge in [-0.05, 0) is 18.2 Å². The molecule has 1 aromatic carbocycles. The minimum Gasteiger partial charge on any atom is -0.395 e. The van der Waals surface area contributed by atoms with Crippen LogP contribution in [0.1, 0.15) is 20.7 Å². The highest BCUT2D eigenvalue weighted by Gasteiger charge is 2.41. The molecule has 0 radical (unpaired) electrons. The molecule has 3 N–H and O–H groups in total. The molecule has 0 aliphatic carbocycles. The number of hydrogen-bond donors (Lipinski definition) is 3. The molecular formula is C20H19ClN6O4. The van der Waals surface area contributed by atoms with Gasteiger partial charge in [0.1, 0.15) is 11.4 Å². The Morgan fingerprint density at radius 1 is 1.06 bits per heavy atom. The highest BCUT2D eigenvalue weighted by Crippen LogP contribution is 2.30. The zero-order chi connectivity index (χ0) is 21.7. The van der Waals surface area contributed by atoms with E-state index >= 15 is 0 Å². The Balaban J connectivity index is 1.47. The summed E-state index contributed by atoms with van der Waals surface area (Å²) in [7, 11) is 0. The lowest BCUT2D eigenvalue weighted by molar-refractivity contribution is -0.0227. The number of aromatic nitrogens is 3. The second-order valence-corrected chi connectivity index (χ2v) is 7.88. The zero-order valence-electron chi connectivity index (χ0n) is 16.4. The number of piperazine rings is 1. The van der Waals surface area contributed by atoms with E-state index in [1.54, 1.807) is 23.2 Å². The summed E-state index contributed by atoms with van der Waals surface area (Å²) in [5.74, 6) is -0.510. The molecule has 2 amide bonds. The quantitative estimate of drug-likeness (QED) is 0.507.